The lowest BCUT2D eigenvalue weighted by atomic mass is 10.0. The van der Waals surface area contributed by atoms with Gasteiger partial charge < -0.3 is 14.8 Å². The van der Waals surface area contributed by atoms with Crippen LogP contribution in [0.4, 0.5) is 0 Å². The second-order valence-corrected chi connectivity index (χ2v) is 8.56. The maximum atomic E-state index is 12.8. The largest absolute Gasteiger partial charge is 0.493 e. The zero-order chi connectivity index (χ0) is 24.6. The lowest BCUT2D eigenvalue weighted by molar-refractivity contribution is -0.117. The Hall–Kier alpha value is -3.89. The van der Waals surface area contributed by atoms with Crippen molar-refractivity contribution in [1.82, 2.24) is 15.1 Å². The lowest BCUT2D eigenvalue weighted by Gasteiger charge is -2.10. The molecule has 1 atom stereocenters. The maximum Gasteiger partial charge on any atom is 0.262 e. The molecule has 7 nitrogen and oxygen atoms in total. The van der Waals surface area contributed by atoms with Gasteiger partial charge >= 0.3 is 0 Å². The van der Waals surface area contributed by atoms with Crippen LogP contribution >= 0.6 is 0 Å². The van der Waals surface area contributed by atoms with Crippen molar-refractivity contribution in [2.45, 2.75) is 39.2 Å². The maximum absolute atomic E-state index is 12.8. The SMILES string of the molecule is CCCOc1ccc(-c2nn(-c3ccccc3)cc2/C=C(\C#N)C(=O)NC[C@@H]2CCCO2)cc1C. The zero-order valence-corrected chi connectivity index (χ0v) is 20.2. The van der Waals surface area contributed by atoms with Gasteiger partial charge in [0, 0.05) is 30.5 Å². The Morgan fingerprint density at radius 2 is 2.14 bits per heavy atom. The van der Waals surface area contributed by atoms with E-state index < -0.39 is 5.91 Å². The molecule has 3 aromatic rings. The smallest absolute Gasteiger partial charge is 0.262 e. The fraction of sp³-hybridized carbons (Fsp3) is 0.321. The molecule has 0 bridgehead atoms. The van der Waals surface area contributed by atoms with Crippen molar-refractivity contribution in [2.24, 2.45) is 0 Å². The molecule has 1 saturated heterocycles. The average Bonchev–Trinajstić information content (AvgIpc) is 3.56. The number of hydrogen-bond acceptors (Lipinski definition) is 5. The molecule has 180 valence electrons. The number of hydrogen-bond donors (Lipinski definition) is 1. The van der Waals surface area contributed by atoms with Gasteiger partial charge in [-0.15, -0.1) is 0 Å². The quantitative estimate of drug-likeness (QED) is 0.357. The first-order valence-electron chi connectivity index (χ1n) is 12.0. The highest BCUT2D eigenvalue weighted by molar-refractivity contribution is 6.02. The van der Waals surface area contributed by atoms with Crippen LogP contribution in [0.15, 0.2) is 60.3 Å². The van der Waals surface area contributed by atoms with Crippen molar-refractivity contribution in [3.8, 4) is 28.8 Å². The van der Waals surface area contributed by atoms with Crippen LogP contribution < -0.4 is 10.1 Å². The van der Waals surface area contributed by atoms with Crippen LogP contribution in [0.5, 0.6) is 5.75 Å². The number of aryl methyl sites for hydroxylation is 1. The number of benzene rings is 2. The minimum absolute atomic E-state index is 0.00621. The minimum Gasteiger partial charge on any atom is -0.493 e. The molecule has 0 unspecified atom stereocenters. The third-order valence-electron chi connectivity index (χ3n) is 5.85. The van der Waals surface area contributed by atoms with Crippen molar-refractivity contribution < 1.29 is 14.3 Å². The Morgan fingerprint density at radius 1 is 1.31 bits per heavy atom. The summed E-state index contributed by atoms with van der Waals surface area (Å²) in [6.45, 7) is 5.83. The molecule has 0 saturated carbocycles. The molecule has 0 spiro atoms. The van der Waals surface area contributed by atoms with E-state index in [9.17, 15) is 10.1 Å². The minimum atomic E-state index is -0.416. The van der Waals surface area contributed by atoms with Crippen LogP contribution in [-0.2, 0) is 9.53 Å². The van der Waals surface area contributed by atoms with Crippen molar-refractivity contribution in [1.29, 1.82) is 5.26 Å². The van der Waals surface area contributed by atoms with E-state index in [0.717, 1.165) is 41.8 Å². The Labute approximate surface area is 206 Å². The standard InChI is InChI=1S/C28H30N4O3/c1-3-13-35-26-12-11-21(15-20(26)2)27-23(19-32(31-27)24-8-5-4-6-9-24)16-22(17-29)28(33)30-18-25-10-7-14-34-25/h4-6,8-9,11-12,15-16,19,25H,3,7,10,13-14,18H2,1-2H3,(H,30,33)/b22-16+/t25-/m0/s1. The molecule has 1 aromatic heterocycles. The topological polar surface area (TPSA) is 89.2 Å². The number of nitriles is 1. The number of carbonyl (C=O) groups excluding carboxylic acids is 1. The summed E-state index contributed by atoms with van der Waals surface area (Å²) in [7, 11) is 0. The van der Waals surface area contributed by atoms with Gasteiger partial charge in [-0.05, 0) is 68.2 Å². The molecule has 4 rings (SSSR count). The fourth-order valence-corrected chi connectivity index (χ4v) is 4.01. The number of carbonyl (C=O) groups is 1. The third-order valence-corrected chi connectivity index (χ3v) is 5.85. The van der Waals surface area contributed by atoms with Gasteiger partial charge in [0.15, 0.2) is 0 Å². The molecule has 1 aliphatic heterocycles. The summed E-state index contributed by atoms with van der Waals surface area (Å²) in [5.74, 6) is 0.419. The van der Waals surface area contributed by atoms with Crippen LogP contribution in [0.2, 0.25) is 0 Å². The van der Waals surface area contributed by atoms with Crippen LogP contribution in [-0.4, -0.2) is 41.6 Å². The molecular formula is C28H30N4O3. The van der Waals surface area contributed by atoms with E-state index in [0.29, 0.717) is 31.0 Å². The molecule has 1 N–H and O–H groups in total. The Balaban J connectivity index is 1.68. The third kappa shape index (κ3) is 5.97. The van der Waals surface area contributed by atoms with Gasteiger partial charge in [-0.2, -0.15) is 10.4 Å². The summed E-state index contributed by atoms with van der Waals surface area (Å²) >= 11 is 0. The monoisotopic (exact) mass is 470 g/mol. The molecular weight excluding hydrogens is 440 g/mol. The van der Waals surface area contributed by atoms with Gasteiger partial charge in [0.25, 0.3) is 5.91 Å². The number of nitrogens with one attached hydrogen (secondary N) is 1. The van der Waals surface area contributed by atoms with Gasteiger partial charge in [-0.3, -0.25) is 4.79 Å². The summed E-state index contributed by atoms with van der Waals surface area (Å²) in [5.41, 5.74) is 4.14. The summed E-state index contributed by atoms with van der Waals surface area (Å²) in [6, 6.07) is 17.7. The average molecular weight is 471 g/mol. The van der Waals surface area contributed by atoms with Gasteiger partial charge in [-0.25, -0.2) is 4.68 Å². The van der Waals surface area contributed by atoms with Crippen molar-refractivity contribution in [3.05, 3.63) is 71.4 Å². The fourth-order valence-electron chi connectivity index (χ4n) is 4.01. The molecule has 7 heteroatoms. The number of para-hydroxylation sites is 1. The van der Waals surface area contributed by atoms with Gasteiger partial charge in [0.1, 0.15) is 23.1 Å². The number of ether oxygens (including phenoxy) is 2. The number of nitrogens with zero attached hydrogens (tertiary/aromatic N) is 3. The molecule has 0 radical (unpaired) electrons. The molecule has 2 aromatic carbocycles. The van der Waals surface area contributed by atoms with Crippen LogP contribution in [0, 0.1) is 18.3 Å². The van der Waals surface area contributed by atoms with Crippen LogP contribution in [0.1, 0.15) is 37.3 Å². The molecule has 35 heavy (non-hydrogen) atoms. The molecule has 0 aliphatic carbocycles. The van der Waals surface area contributed by atoms with E-state index >= 15 is 0 Å². The van der Waals surface area contributed by atoms with Gasteiger partial charge in [0.2, 0.25) is 0 Å². The van der Waals surface area contributed by atoms with E-state index in [4.69, 9.17) is 14.6 Å². The zero-order valence-electron chi connectivity index (χ0n) is 20.2. The van der Waals surface area contributed by atoms with E-state index in [2.05, 4.69) is 12.2 Å². The Bertz CT molecular complexity index is 1230. The van der Waals surface area contributed by atoms with Gasteiger partial charge in [0.05, 0.1) is 18.4 Å². The van der Waals surface area contributed by atoms with E-state index in [1.807, 2.05) is 67.7 Å². The van der Waals surface area contributed by atoms with Crippen molar-refractivity contribution in [3.63, 3.8) is 0 Å². The summed E-state index contributed by atoms with van der Waals surface area (Å²) in [5, 5.41) is 17.4. The van der Waals surface area contributed by atoms with Crippen LogP contribution in [0.3, 0.4) is 0 Å². The first kappa shape index (κ1) is 24.2. The first-order chi connectivity index (χ1) is 17.1. The molecule has 1 fully saturated rings. The molecule has 2 heterocycles. The second kappa shape index (κ2) is 11.5. The Morgan fingerprint density at radius 3 is 2.83 bits per heavy atom. The normalized spacial score (nSPS) is 15.6. The highest BCUT2D eigenvalue weighted by atomic mass is 16.5. The van der Waals surface area contributed by atoms with E-state index in [-0.39, 0.29) is 11.7 Å². The predicted octanol–water partition coefficient (Wildman–Crippen LogP) is 4.84. The summed E-state index contributed by atoms with van der Waals surface area (Å²) in [4.78, 5) is 12.8. The number of aromatic nitrogens is 2. The number of rotatable bonds is 9. The summed E-state index contributed by atoms with van der Waals surface area (Å²) in [6.07, 6.45) is 6.29. The summed E-state index contributed by atoms with van der Waals surface area (Å²) < 4.78 is 13.2. The second-order valence-electron chi connectivity index (χ2n) is 8.56. The van der Waals surface area contributed by atoms with Crippen molar-refractivity contribution in [2.75, 3.05) is 19.8 Å². The molecule has 1 amide bonds. The highest BCUT2D eigenvalue weighted by Gasteiger charge is 2.19. The van der Waals surface area contributed by atoms with Crippen molar-refractivity contribution >= 4 is 12.0 Å². The lowest BCUT2D eigenvalue weighted by Crippen LogP contribution is -2.32. The van der Waals surface area contributed by atoms with E-state index in [1.54, 1.807) is 10.8 Å². The van der Waals surface area contributed by atoms with Crippen LogP contribution in [0.25, 0.3) is 23.0 Å². The highest BCUT2D eigenvalue weighted by Crippen LogP contribution is 2.30. The number of amides is 1. The predicted molar refractivity (Wildman–Crippen MR) is 135 cm³/mol. The van der Waals surface area contributed by atoms with Gasteiger partial charge in [-0.1, -0.05) is 25.1 Å². The Kier molecular flexibility index (Phi) is 7.96. The first-order valence-corrected chi connectivity index (χ1v) is 12.0. The molecule has 1 aliphatic rings. The van der Waals surface area contributed by atoms with E-state index in [1.165, 1.54) is 0 Å².